The third kappa shape index (κ3) is 3.94. The number of ether oxygens (including phenoxy) is 1. The van der Waals surface area contributed by atoms with E-state index >= 15 is 0 Å². The summed E-state index contributed by atoms with van der Waals surface area (Å²) in [7, 11) is 0. The molecule has 20 heavy (non-hydrogen) atoms. The summed E-state index contributed by atoms with van der Waals surface area (Å²) in [6, 6.07) is 10.8. The highest BCUT2D eigenvalue weighted by molar-refractivity contribution is 6.29. The van der Waals surface area contributed by atoms with E-state index in [2.05, 4.69) is 10.3 Å². The highest BCUT2D eigenvalue weighted by Crippen LogP contribution is 2.19. The first-order chi connectivity index (χ1) is 9.69. The number of aromatic nitrogens is 1. The molecular formula is C14H13ClN2O3. The molecule has 0 aliphatic heterocycles. The zero-order valence-electron chi connectivity index (χ0n) is 10.5. The molecule has 0 bridgehead atoms. The number of aliphatic hydroxyl groups is 1. The maximum absolute atomic E-state index is 11.7. The van der Waals surface area contributed by atoms with Crippen molar-refractivity contribution in [2.24, 2.45) is 0 Å². The van der Waals surface area contributed by atoms with Gasteiger partial charge in [-0.3, -0.25) is 5.32 Å². The second-order valence-electron chi connectivity index (χ2n) is 4.01. The van der Waals surface area contributed by atoms with Crippen molar-refractivity contribution in [1.29, 1.82) is 0 Å². The molecule has 1 heterocycles. The lowest BCUT2D eigenvalue weighted by Gasteiger charge is -2.10. The number of pyridine rings is 1. The Morgan fingerprint density at radius 2 is 2.10 bits per heavy atom. The number of amides is 1. The second kappa shape index (κ2) is 6.88. The number of aliphatic hydroxyl groups excluding tert-OH is 1. The lowest BCUT2D eigenvalue weighted by molar-refractivity contribution is 0.155. The van der Waals surface area contributed by atoms with Crippen LogP contribution >= 0.6 is 11.6 Å². The summed E-state index contributed by atoms with van der Waals surface area (Å²) in [5, 5.41) is 11.9. The minimum absolute atomic E-state index is 0.167. The van der Waals surface area contributed by atoms with E-state index in [1.165, 1.54) is 12.3 Å². The predicted molar refractivity (Wildman–Crippen MR) is 75.4 cm³/mol. The Kier molecular flexibility index (Phi) is 4.92. The van der Waals surface area contributed by atoms with Gasteiger partial charge in [-0.2, -0.15) is 0 Å². The fourth-order valence-electron chi connectivity index (χ4n) is 1.57. The molecule has 0 radical (unpaired) electrons. The van der Waals surface area contributed by atoms with Crippen LogP contribution < -0.4 is 5.32 Å². The van der Waals surface area contributed by atoms with E-state index in [9.17, 15) is 4.79 Å². The predicted octanol–water partition coefficient (Wildman–Crippen LogP) is 2.98. The normalized spacial score (nSPS) is 10.1. The van der Waals surface area contributed by atoms with Crippen LogP contribution in [0.4, 0.5) is 10.5 Å². The number of hydrogen-bond donors (Lipinski definition) is 2. The van der Waals surface area contributed by atoms with E-state index in [4.69, 9.17) is 21.4 Å². The highest BCUT2D eigenvalue weighted by Gasteiger charge is 2.09. The first-order valence-electron chi connectivity index (χ1n) is 5.92. The van der Waals surface area contributed by atoms with Crippen molar-refractivity contribution in [2.45, 2.75) is 13.2 Å². The Morgan fingerprint density at radius 1 is 1.35 bits per heavy atom. The Hall–Kier alpha value is -2.11. The van der Waals surface area contributed by atoms with Gasteiger partial charge in [0.05, 0.1) is 12.3 Å². The van der Waals surface area contributed by atoms with Crippen LogP contribution in [0, 0.1) is 0 Å². The molecule has 5 nitrogen and oxygen atoms in total. The molecule has 0 saturated heterocycles. The van der Waals surface area contributed by atoms with Gasteiger partial charge in [0.2, 0.25) is 0 Å². The third-order valence-electron chi connectivity index (χ3n) is 2.57. The second-order valence-corrected chi connectivity index (χ2v) is 4.40. The molecule has 0 aliphatic rings. The number of rotatable bonds is 4. The van der Waals surface area contributed by atoms with Gasteiger partial charge in [-0.05, 0) is 11.6 Å². The van der Waals surface area contributed by atoms with Gasteiger partial charge in [-0.15, -0.1) is 0 Å². The average Bonchev–Trinajstić information content (AvgIpc) is 2.46. The molecule has 1 aromatic heterocycles. The zero-order valence-corrected chi connectivity index (χ0v) is 11.3. The number of benzene rings is 1. The molecule has 0 unspecified atom stereocenters. The highest BCUT2D eigenvalue weighted by atomic mass is 35.5. The maximum Gasteiger partial charge on any atom is 0.411 e. The number of nitrogens with zero attached hydrogens (tertiary/aromatic N) is 1. The van der Waals surface area contributed by atoms with Crippen LogP contribution in [0.25, 0.3) is 0 Å². The van der Waals surface area contributed by atoms with Gasteiger partial charge in [0, 0.05) is 11.8 Å². The zero-order chi connectivity index (χ0) is 14.4. The summed E-state index contributed by atoms with van der Waals surface area (Å²) < 4.78 is 5.08. The minimum Gasteiger partial charge on any atom is -0.444 e. The largest absolute Gasteiger partial charge is 0.444 e. The standard InChI is InChI=1S/C14H13ClN2O3/c15-13-6-12(11(8-18)7-16-13)17-14(19)20-9-10-4-2-1-3-5-10/h1-7,18H,8-9H2,(H,16,17,19). The Morgan fingerprint density at radius 3 is 2.80 bits per heavy atom. The van der Waals surface area contributed by atoms with Crippen molar-refractivity contribution in [3.05, 3.63) is 58.9 Å². The van der Waals surface area contributed by atoms with Crippen molar-refractivity contribution in [3.8, 4) is 0 Å². The van der Waals surface area contributed by atoms with Crippen LogP contribution in [0.1, 0.15) is 11.1 Å². The number of nitrogens with one attached hydrogen (secondary N) is 1. The van der Waals surface area contributed by atoms with Crippen LogP contribution in [-0.2, 0) is 18.0 Å². The van der Waals surface area contributed by atoms with Gasteiger partial charge in [-0.1, -0.05) is 41.9 Å². The molecule has 6 heteroatoms. The van der Waals surface area contributed by atoms with Crippen molar-refractivity contribution >= 4 is 23.4 Å². The van der Waals surface area contributed by atoms with Crippen molar-refractivity contribution < 1.29 is 14.6 Å². The fourth-order valence-corrected chi connectivity index (χ4v) is 1.73. The van der Waals surface area contributed by atoms with Crippen LogP contribution in [0.3, 0.4) is 0 Å². The maximum atomic E-state index is 11.7. The van der Waals surface area contributed by atoms with Gasteiger partial charge in [0.1, 0.15) is 11.8 Å². The average molecular weight is 293 g/mol. The summed E-state index contributed by atoms with van der Waals surface area (Å²) in [5.41, 5.74) is 1.73. The van der Waals surface area contributed by atoms with Gasteiger partial charge in [-0.25, -0.2) is 9.78 Å². The topological polar surface area (TPSA) is 71.5 Å². The third-order valence-corrected chi connectivity index (χ3v) is 2.78. The molecule has 2 N–H and O–H groups in total. The number of halogens is 1. The molecule has 1 amide bonds. The van der Waals surface area contributed by atoms with Gasteiger partial charge in [0.15, 0.2) is 0 Å². The smallest absolute Gasteiger partial charge is 0.411 e. The van der Waals surface area contributed by atoms with Crippen molar-refractivity contribution in [3.63, 3.8) is 0 Å². The van der Waals surface area contributed by atoms with Gasteiger partial charge >= 0.3 is 6.09 Å². The molecule has 2 aromatic rings. The van der Waals surface area contributed by atoms with Crippen molar-refractivity contribution in [2.75, 3.05) is 5.32 Å². The number of carbonyl (C=O) groups is 1. The SMILES string of the molecule is O=C(Nc1cc(Cl)ncc1CO)OCc1ccccc1. The van der Waals surface area contributed by atoms with E-state index in [0.717, 1.165) is 5.56 Å². The lowest BCUT2D eigenvalue weighted by Crippen LogP contribution is -2.15. The fraction of sp³-hybridized carbons (Fsp3) is 0.143. The monoisotopic (exact) mass is 292 g/mol. The van der Waals surface area contributed by atoms with Gasteiger partial charge in [0.25, 0.3) is 0 Å². The molecule has 0 fully saturated rings. The molecular weight excluding hydrogens is 280 g/mol. The minimum atomic E-state index is -0.620. The molecule has 104 valence electrons. The Labute approximate surface area is 121 Å². The summed E-state index contributed by atoms with van der Waals surface area (Å²) in [5.74, 6) is 0. The summed E-state index contributed by atoms with van der Waals surface area (Å²) in [4.78, 5) is 15.5. The number of carbonyl (C=O) groups excluding carboxylic acids is 1. The van der Waals surface area contributed by atoms with Gasteiger partial charge < -0.3 is 9.84 Å². The molecule has 0 aliphatic carbocycles. The Bertz CT molecular complexity index is 590. The van der Waals surface area contributed by atoms with E-state index in [0.29, 0.717) is 11.3 Å². The summed E-state index contributed by atoms with van der Waals surface area (Å²) >= 11 is 5.75. The van der Waals surface area contributed by atoms with E-state index in [1.807, 2.05) is 30.3 Å². The molecule has 1 aromatic carbocycles. The van der Waals surface area contributed by atoms with E-state index in [-0.39, 0.29) is 18.4 Å². The lowest BCUT2D eigenvalue weighted by atomic mass is 10.2. The van der Waals surface area contributed by atoms with Crippen LogP contribution in [0.2, 0.25) is 5.15 Å². The van der Waals surface area contributed by atoms with Crippen LogP contribution in [-0.4, -0.2) is 16.2 Å². The first-order valence-corrected chi connectivity index (χ1v) is 6.30. The number of anilines is 1. The summed E-state index contributed by atoms with van der Waals surface area (Å²) in [6.07, 6.45) is 0.778. The van der Waals surface area contributed by atoms with E-state index < -0.39 is 6.09 Å². The van der Waals surface area contributed by atoms with Crippen LogP contribution in [0.15, 0.2) is 42.6 Å². The molecule has 0 saturated carbocycles. The Balaban J connectivity index is 1.96. The summed E-state index contributed by atoms with van der Waals surface area (Å²) in [6.45, 7) is -0.0849. The molecule has 0 atom stereocenters. The number of hydrogen-bond acceptors (Lipinski definition) is 4. The van der Waals surface area contributed by atoms with Crippen LogP contribution in [0.5, 0.6) is 0 Å². The molecule has 0 spiro atoms. The van der Waals surface area contributed by atoms with Crippen molar-refractivity contribution in [1.82, 2.24) is 4.98 Å². The first kappa shape index (κ1) is 14.3. The quantitative estimate of drug-likeness (QED) is 0.850. The molecule has 2 rings (SSSR count). The van der Waals surface area contributed by atoms with E-state index in [1.54, 1.807) is 0 Å².